The van der Waals surface area contributed by atoms with Gasteiger partial charge in [-0.25, -0.2) is 18.4 Å². The number of aliphatic hydroxyl groups is 1. The van der Waals surface area contributed by atoms with Gasteiger partial charge in [-0.1, -0.05) is 17.7 Å². The van der Waals surface area contributed by atoms with Crippen LogP contribution < -0.4 is 0 Å². The first-order valence-corrected chi connectivity index (χ1v) is 8.92. The van der Waals surface area contributed by atoms with Crippen LogP contribution in [-0.2, 0) is 18.1 Å². The Balaban J connectivity index is 1.91. The van der Waals surface area contributed by atoms with E-state index in [-0.39, 0.29) is 5.52 Å². The number of aromatic nitrogens is 5. The van der Waals surface area contributed by atoms with Crippen LogP contribution in [0.3, 0.4) is 0 Å². The van der Waals surface area contributed by atoms with E-state index in [9.17, 15) is 13.9 Å². The fourth-order valence-corrected chi connectivity index (χ4v) is 3.40. The molecule has 0 bridgehead atoms. The van der Waals surface area contributed by atoms with Gasteiger partial charge in [0.2, 0.25) is 0 Å². The van der Waals surface area contributed by atoms with Crippen LogP contribution in [0, 0.1) is 11.6 Å². The molecular formula is C19H12ClF4N5O. The van der Waals surface area contributed by atoms with Crippen LogP contribution >= 0.6 is 11.6 Å². The normalized spacial score (nSPS) is 14.1. The molecule has 0 radical (unpaired) electrons. The molecule has 2 heterocycles. The number of fused-ring (bicyclic) bond motifs is 1. The number of halogens is 5. The standard InChI is InChI=1S/C19H12ClF4N5O/c20-14-2-1-3-16-12(14)5-7-17(26-16)19(23,24)18(30,9-29-10-25-27-28-29)13-6-4-11(21)8-15(13)22/h1-8,10,30H,9H2. The van der Waals surface area contributed by atoms with E-state index >= 15 is 8.78 Å². The van der Waals surface area contributed by atoms with Gasteiger partial charge in [-0.15, -0.1) is 5.10 Å². The van der Waals surface area contributed by atoms with Crippen LogP contribution in [0.5, 0.6) is 0 Å². The second-order valence-electron chi connectivity index (χ2n) is 6.57. The molecule has 30 heavy (non-hydrogen) atoms. The first-order valence-electron chi connectivity index (χ1n) is 8.54. The molecule has 1 unspecified atom stereocenters. The Morgan fingerprint density at radius 2 is 1.87 bits per heavy atom. The minimum Gasteiger partial charge on any atom is -0.377 e. The zero-order valence-corrected chi connectivity index (χ0v) is 15.7. The maximum Gasteiger partial charge on any atom is 0.323 e. The van der Waals surface area contributed by atoms with Gasteiger partial charge < -0.3 is 5.11 Å². The molecule has 6 nitrogen and oxygen atoms in total. The molecule has 1 N–H and O–H groups in total. The van der Waals surface area contributed by atoms with Crippen LogP contribution in [0.25, 0.3) is 10.9 Å². The van der Waals surface area contributed by atoms with Crippen molar-refractivity contribution >= 4 is 22.5 Å². The molecule has 4 rings (SSSR count). The van der Waals surface area contributed by atoms with Crippen molar-refractivity contribution in [1.29, 1.82) is 0 Å². The summed E-state index contributed by atoms with van der Waals surface area (Å²) in [6, 6.07) is 8.82. The molecule has 0 fully saturated rings. The highest BCUT2D eigenvalue weighted by Crippen LogP contribution is 2.47. The zero-order valence-electron chi connectivity index (χ0n) is 15.0. The second-order valence-corrected chi connectivity index (χ2v) is 6.98. The summed E-state index contributed by atoms with van der Waals surface area (Å²) < 4.78 is 60.1. The van der Waals surface area contributed by atoms with E-state index in [0.29, 0.717) is 16.5 Å². The highest BCUT2D eigenvalue weighted by molar-refractivity contribution is 6.35. The van der Waals surface area contributed by atoms with Gasteiger partial charge in [0, 0.05) is 22.0 Å². The third-order valence-electron chi connectivity index (χ3n) is 4.68. The van der Waals surface area contributed by atoms with Gasteiger partial charge in [-0.3, -0.25) is 0 Å². The monoisotopic (exact) mass is 437 g/mol. The molecule has 154 valence electrons. The molecule has 0 amide bonds. The number of hydrogen-bond acceptors (Lipinski definition) is 5. The number of nitrogens with zero attached hydrogens (tertiary/aromatic N) is 5. The Hall–Kier alpha value is -3.11. The van der Waals surface area contributed by atoms with Crippen molar-refractivity contribution in [2.45, 2.75) is 18.1 Å². The molecule has 1 atom stereocenters. The average Bonchev–Trinajstić information content (AvgIpc) is 3.20. The zero-order chi connectivity index (χ0) is 21.5. The summed E-state index contributed by atoms with van der Waals surface area (Å²) in [4.78, 5) is 3.92. The van der Waals surface area contributed by atoms with Gasteiger partial charge in [-0.05, 0) is 46.8 Å². The predicted molar refractivity (Wildman–Crippen MR) is 98.7 cm³/mol. The summed E-state index contributed by atoms with van der Waals surface area (Å²) >= 11 is 6.05. The lowest BCUT2D eigenvalue weighted by Crippen LogP contribution is -2.48. The van der Waals surface area contributed by atoms with E-state index in [4.69, 9.17) is 11.6 Å². The summed E-state index contributed by atoms with van der Waals surface area (Å²) in [5.74, 6) is -6.47. The second kappa shape index (κ2) is 7.29. The smallest absolute Gasteiger partial charge is 0.323 e. The van der Waals surface area contributed by atoms with Crippen molar-refractivity contribution in [2.24, 2.45) is 0 Å². The molecular weight excluding hydrogens is 426 g/mol. The largest absolute Gasteiger partial charge is 0.377 e. The predicted octanol–water partition coefficient (Wildman–Crippen LogP) is 3.83. The maximum absolute atomic E-state index is 15.7. The van der Waals surface area contributed by atoms with E-state index < -0.39 is 41.0 Å². The van der Waals surface area contributed by atoms with Gasteiger partial charge in [0.05, 0.1) is 12.1 Å². The molecule has 0 saturated heterocycles. The number of rotatable bonds is 5. The third kappa shape index (κ3) is 3.27. The van der Waals surface area contributed by atoms with E-state index in [2.05, 4.69) is 20.5 Å². The molecule has 4 aromatic rings. The SMILES string of the molecule is OC(Cn1cnnn1)(c1ccc(F)cc1F)C(F)(F)c1ccc2c(Cl)cccc2n1. The summed E-state index contributed by atoms with van der Waals surface area (Å²) in [5, 5.41) is 22.0. The molecule has 0 aliphatic carbocycles. The first-order chi connectivity index (χ1) is 14.2. The first kappa shape index (κ1) is 20.2. The fourth-order valence-electron chi connectivity index (χ4n) is 3.17. The van der Waals surface area contributed by atoms with Crippen LogP contribution in [-0.4, -0.2) is 30.3 Å². The topological polar surface area (TPSA) is 76.7 Å². The maximum atomic E-state index is 15.7. The lowest BCUT2D eigenvalue weighted by Gasteiger charge is -2.35. The average molecular weight is 438 g/mol. The van der Waals surface area contributed by atoms with Crippen molar-refractivity contribution in [3.8, 4) is 0 Å². The number of pyridine rings is 1. The molecule has 0 spiro atoms. The Morgan fingerprint density at radius 1 is 1.07 bits per heavy atom. The minimum atomic E-state index is -4.13. The summed E-state index contributed by atoms with van der Waals surface area (Å²) in [6.45, 7) is -0.926. The van der Waals surface area contributed by atoms with Gasteiger partial charge in [0.25, 0.3) is 0 Å². The third-order valence-corrected chi connectivity index (χ3v) is 5.01. The van der Waals surface area contributed by atoms with Gasteiger partial charge in [0.15, 0.2) is 5.60 Å². The van der Waals surface area contributed by atoms with Crippen molar-refractivity contribution in [3.63, 3.8) is 0 Å². The van der Waals surface area contributed by atoms with Crippen LogP contribution in [0.1, 0.15) is 11.3 Å². The van der Waals surface area contributed by atoms with E-state index in [1.165, 1.54) is 18.2 Å². The summed E-state index contributed by atoms with van der Waals surface area (Å²) in [7, 11) is 0. The lowest BCUT2D eigenvalue weighted by molar-refractivity contribution is -0.207. The van der Waals surface area contributed by atoms with Gasteiger partial charge in [0.1, 0.15) is 23.7 Å². The van der Waals surface area contributed by atoms with Crippen molar-refractivity contribution in [3.05, 3.63) is 82.8 Å². The van der Waals surface area contributed by atoms with Gasteiger partial charge in [-0.2, -0.15) is 8.78 Å². The minimum absolute atomic E-state index is 0.157. The van der Waals surface area contributed by atoms with Crippen molar-refractivity contribution < 1.29 is 22.7 Å². The molecule has 0 aliphatic rings. The lowest BCUT2D eigenvalue weighted by atomic mass is 9.84. The molecule has 11 heteroatoms. The van der Waals surface area contributed by atoms with E-state index in [0.717, 1.165) is 29.2 Å². The highest BCUT2D eigenvalue weighted by atomic mass is 35.5. The van der Waals surface area contributed by atoms with Crippen LogP contribution in [0.15, 0.2) is 54.9 Å². The number of benzene rings is 2. The highest BCUT2D eigenvalue weighted by Gasteiger charge is 2.58. The summed E-state index contributed by atoms with van der Waals surface area (Å²) in [5.41, 5.74) is -4.71. The molecule has 0 aliphatic heterocycles. The fraction of sp³-hybridized carbons (Fsp3) is 0.158. The molecule has 2 aromatic carbocycles. The molecule has 0 saturated carbocycles. The van der Waals surface area contributed by atoms with E-state index in [1.807, 2.05) is 0 Å². The number of hydrogen-bond donors (Lipinski definition) is 1. The van der Waals surface area contributed by atoms with Gasteiger partial charge >= 0.3 is 5.92 Å². The van der Waals surface area contributed by atoms with Crippen molar-refractivity contribution in [1.82, 2.24) is 25.2 Å². The number of tetrazole rings is 1. The Labute approximate surface area is 171 Å². The van der Waals surface area contributed by atoms with Crippen LogP contribution in [0.2, 0.25) is 5.02 Å². The molecule has 2 aromatic heterocycles. The Morgan fingerprint density at radius 3 is 2.57 bits per heavy atom. The number of alkyl halides is 2. The van der Waals surface area contributed by atoms with Crippen LogP contribution in [0.4, 0.5) is 17.6 Å². The quantitative estimate of drug-likeness (QED) is 0.480. The van der Waals surface area contributed by atoms with Crippen molar-refractivity contribution in [2.75, 3.05) is 0 Å². The Bertz CT molecular complexity index is 1220. The summed E-state index contributed by atoms with van der Waals surface area (Å²) in [6.07, 6.45) is 0.982. The van der Waals surface area contributed by atoms with E-state index in [1.54, 1.807) is 6.07 Å². The Kier molecular flexibility index (Phi) is 4.91.